The molecule has 0 spiro atoms. The van der Waals surface area contributed by atoms with Crippen molar-refractivity contribution in [2.24, 2.45) is 5.73 Å². The number of aryl methyl sites for hydroxylation is 1. The van der Waals surface area contributed by atoms with E-state index in [1.54, 1.807) is 16.0 Å². The number of aromatic nitrogens is 4. The number of nitrogens with two attached hydrogens (primary N) is 1. The van der Waals surface area contributed by atoms with Crippen LogP contribution in [0.25, 0.3) is 0 Å². The maximum Gasteiger partial charge on any atom is 0.107 e. The van der Waals surface area contributed by atoms with E-state index in [-0.39, 0.29) is 0 Å². The summed E-state index contributed by atoms with van der Waals surface area (Å²) < 4.78 is 1.79. The summed E-state index contributed by atoms with van der Waals surface area (Å²) >= 11 is 1.68. The van der Waals surface area contributed by atoms with Gasteiger partial charge in [0, 0.05) is 36.9 Å². The molecule has 3 N–H and O–H groups in total. The smallest absolute Gasteiger partial charge is 0.107 e. The van der Waals surface area contributed by atoms with Gasteiger partial charge in [-0.2, -0.15) is 0 Å². The highest BCUT2D eigenvalue weighted by Gasteiger charge is 1.99. The summed E-state index contributed by atoms with van der Waals surface area (Å²) in [4.78, 5) is 4.38. The molecule has 0 aliphatic carbocycles. The van der Waals surface area contributed by atoms with Crippen LogP contribution >= 0.6 is 11.3 Å². The third-order valence-electron chi connectivity index (χ3n) is 2.26. The lowest BCUT2D eigenvalue weighted by Gasteiger charge is -2.01. The van der Waals surface area contributed by atoms with E-state index in [9.17, 15) is 0 Å². The van der Waals surface area contributed by atoms with E-state index in [0.29, 0.717) is 6.54 Å². The summed E-state index contributed by atoms with van der Waals surface area (Å²) in [5.41, 5.74) is 7.36. The molecular formula is C10H16N6S. The first-order valence-corrected chi connectivity index (χ1v) is 6.36. The van der Waals surface area contributed by atoms with Gasteiger partial charge in [0.05, 0.1) is 12.2 Å². The largest absolute Gasteiger partial charge is 0.325 e. The average Bonchev–Trinajstić information content (AvgIpc) is 2.93. The molecule has 0 atom stereocenters. The van der Waals surface area contributed by atoms with Crippen molar-refractivity contribution in [1.29, 1.82) is 0 Å². The first-order valence-electron chi connectivity index (χ1n) is 5.48. The predicted octanol–water partition coefficient (Wildman–Crippen LogP) is 0.292. The lowest BCUT2D eigenvalue weighted by Crippen LogP contribution is -2.19. The quantitative estimate of drug-likeness (QED) is 0.722. The van der Waals surface area contributed by atoms with Crippen LogP contribution in [0.3, 0.4) is 0 Å². The molecule has 0 radical (unpaired) electrons. The molecule has 0 aliphatic heterocycles. The molecule has 2 heterocycles. The summed E-state index contributed by atoms with van der Waals surface area (Å²) in [7, 11) is 0. The van der Waals surface area contributed by atoms with E-state index in [1.807, 2.05) is 13.1 Å². The Morgan fingerprint density at radius 2 is 2.41 bits per heavy atom. The molecule has 0 aromatic carbocycles. The summed E-state index contributed by atoms with van der Waals surface area (Å²) in [6.07, 6.45) is 1.87. The molecule has 0 amide bonds. The SMILES string of the molecule is Cc1csc(CNCCn2cc(CN)nn2)n1. The van der Waals surface area contributed by atoms with Crippen molar-refractivity contribution in [3.8, 4) is 0 Å². The van der Waals surface area contributed by atoms with Crippen molar-refractivity contribution >= 4 is 11.3 Å². The summed E-state index contributed by atoms with van der Waals surface area (Å²) in [6, 6.07) is 0. The van der Waals surface area contributed by atoms with Crippen LogP contribution < -0.4 is 11.1 Å². The molecule has 2 aromatic rings. The van der Waals surface area contributed by atoms with Crippen LogP contribution in [0.4, 0.5) is 0 Å². The number of hydrogen-bond donors (Lipinski definition) is 2. The second kappa shape index (κ2) is 5.85. The number of nitrogens with one attached hydrogen (secondary N) is 1. The Kier molecular flexibility index (Phi) is 4.18. The fourth-order valence-corrected chi connectivity index (χ4v) is 2.16. The topological polar surface area (TPSA) is 81.7 Å². The van der Waals surface area contributed by atoms with Crippen LogP contribution in [0.2, 0.25) is 0 Å². The zero-order valence-corrected chi connectivity index (χ0v) is 10.6. The lowest BCUT2D eigenvalue weighted by atomic mass is 10.5. The van der Waals surface area contributed by atoms with Gasteiger partial charge in [-0.3, -0.25) is 4.68 Å². The number of nitrogens with zero attached hydrogens (tertiary/aromatic N) is 4. The second-order valence-corrected chi connectivity index (χ2v) is 4.68. The fraction of sp³-hybridized carbons (Fsp3) is 0.500. The monoisotopic (exact) mass is 252 g/mol. The highest BCUT2D eigenvalue weighted by molar-refractivity contribution is 7.09. The van der Waals surface area contributed by atoms with Gasteiger partial charge in [0.15, 0.2) is 0 Å². The standard InChI is InChI=1S/C10H16N6S/c1-8-7-17-10(13-8)5-12-2-3-16-6-9(4-11)14-15-16/h6-7,12H,2-5,11H2,1H3. The van der Waals surface area contributed by atoms with Gasteiger partial charge >= 0.3 is 0 Å². The Morgan fingerprint density at radius 3 is 3.06 bits per heavy atom. The van der Waals surface area contributed by atoms with Gasteiger partial charge in [-0.25, -0.2) is 4.98 Å². The molecule has 0 aliphatic rings. The van der Waals surface area contributed by atoms with E-state index in [4.69, 9.17) is 5.73 Å². The first kappa shape index (κ1) is 12.2. The number of rotatable bonds is 6. The van der Waals surface area contributed by atoms with Crippen molar-refractivity contribution in [2.45, 2.75) is 26.6 Å². The van der Waals surface area contributed by atoms with Gasteiger partial charge in [0.1, 0.15) is 5.01 Å². The van der Waals surface area contributed by atoms with E-state index in [0.717, 1.165) is 36.0 Å². The molecule has 0 saturated heterocycles. The maximum absolute atomic E-state index is 5.46. The molecule has 0 fully saturated rings. The summed E-state index contributed by atoms with van der Waals surface area (Å²) in [5.74, 6) is 0. The highest BCUT2D eigenvalue weighted by Crippen LogP contribution is 2.07. The Hall–Kier alpha value is -1.31. The Balaban J connectivity index is 1.69. The number of hydrogen-bond acceptors (Lipinski definition) is 6. The zero-order valence-electron chi connectivity index (χ0n) is 9.76. The van der Waals surface area contributed by atoms with Crippen LogP contribution in [0, 0.1) is 6.92 Å². The molecule has 6 nitrogen and oxygen atoms in total. The van der Waals surface area contributed by atoms with Crippen LogP contribution in [0.1, 0.15) is 16.4 Å². The van der Waals surface area contributed by atoms with Crippen LogP contribution in [0.5, 0.6) is 0 Å². The Morgan fingerprint density at radius 1 is 1.53 bits per heavy atom. The summed E-state index contributed by atoms with van der Waals surface area (Å²) in [6.45, 7) is 4.87. The normalized spacial score (nSPS) is 10.9. The number of thiazole rings is 1. The first-order chi connectivity index (χ1) is 8.28. The third kappa shape index (κ3) is 3.58. The highest BCUT2D eigenvalue weighted by atomic mass is 32.1. The van der Waals surface area contributed by atoms with Crippen molar-refractivity contribution in [3.05, 3.63) is 28.0 Å². The summed E-state index contributed by atoms with van der Waals surface area (Å²) in [5, 5.41) is 14.4. The maximum atomic E-state index is 5.46. The van der Waals surface area contributed by atoms with Crippen LogP contribution in [0.15, 0.2) is 11.6 Å². The van der Waals surface area contributed by atoms with E-state index >= 15 is 0 Å². The minimum atomic E-state index is 0.436. The molecule has 17 heavy (non-hydrogen) atoms. The molecule has 2 rings (SSSR count). The van der Waals surface area contributed by atoms with E-state index in [1.165, 1.54) is 0 Å². The second-order valence-electron chi connectivity index (χ2n) is 3.74. The van der Waals surface area contributed by atoms with Crippen molar-refractivity contribution in [1.82, 2.24) is 25.3 Å². The Bertz CT molecular complexity index is 463. The molecule has 92 valence electrons. The van der Waals surface area contributed by atoms with Gasteiger partial charge in [-0.05, 0) is 6.92 Å². The van der Waals surface area contributed by atoms with Gasteiger partial charge in [0.25, 0.3) is 0 Å². The molecule has 0 saturated carbocycles. The average molecular weight is 252 g/mol. The minimum Gasteiger partial charge on any atom is -0.325 e. The van der Waals surface area contributed by atoms with Crippen molar-refractivity contribution in [3.63, 3.8) is 0 Å². The van der Waals surface area contributed by atoms with Crippen molar-refractivity contribution in [2.75, 3.05) is 6.54 Å². The van der Waals surface area contributed by atoms with Gasteiger partial charge in [0.2, 0.25) is 0 Å². The molecule has 0 bridgehead atoms. The van der Waals surface area contributed by atoms with E-state index in [2.05, 4.69) is 26.0 Å². The molecule has 2 aromatic heterocycles. The fourth-order valence-electron chi connectivity index (χ4n) is 1.41. The van der Waals surface area contributed by atoms with Gasteiger partial charge in [-0.1, -0.05) is 5.21 Å². The lowest BCUT2D eigenvalue weighted by molar-refractivity contribution is 0.539. The van der Waals surface area contributed by atoms with Crippen LogP contribution in [-0.4, -0.2) is 26.5 Å². The third-order valence-corrected chi connectivity index (χ3v) is 3.22. The van der Waals surface area contributed by atoms with Gasteiger partial charge < -0.3 is 11.1 Å². The zero-order chi connectivity index (χ0) is 12.1. The van der Waals surface area contributed by atoms with Gasteiger partial charge in [-0.15, -0.1) is 16.4 Å². The molecule has 7 heteroatoms. The van der Waals surface area contributed by atoms with Crippen molar-refractivity contribution < 1.29 is 0 Å². The van der Waals surface area contributed by atoms with E-state index < -0.39 is 0 Å². The minimum absolute atomic E-state index is 0.436. The Labute approximate surface area is 104 Å². The molecular weight excluding hydrogens is 236 g/mol. The predicted molar refractivity (Wildman–Crippen MR) is 66.5 cm³/mol. The molecule has 0 unspecified atom stereocenters. The van der Waals surface area contributed by atoms with Crippen LogP contribution in [-0.2, 0) is 19.6 Å².